The van der Waals surface area contributed by atoms with Crippen molar-refractivity contribution < 1.29 is 13.9 Å². The third kappa shape index (κ3) is 4.76. The number of rotatable bonds is 6. The smallest absolute Gasteiger partial charge is 0.239 e. The standard InChI is InChI=1S/C19H22FN3O2/c20-15-8-10-23(12-15)19(24)18(21)11-14-4-6-17(7-5-14)25-13-16-3-1-2-9-22-16/h1-7,9,15,18H,8,10-13,21H2/t15-,18-/m0/s1. The van der Waals surface area contributed by atoms with Gasteiger partial charge in [-0.25, -0.2) is 4.39 Å². The lowest BCUT2D eigenvalue weighted by Crippen LogP contribution is -2.44. The van der Waals surface area contributed by atoms with Crippen LogP contribution in [0.1, 0.15) is 17.7 Å². The average Bonchev–Trinajstić information content (AvgIpc) is 3.07. The molecule has 1 aromatic heterocycles. The van der Waals surface area contributed by atoms with E-state index in [1.165, 1.54) is 4.90 Å². The fraction of sp³-hybridized carbons (Fsp3) is 0.368. The van der Waals surface area contributed by atoms with Crippen molar-refractivity contribution in [1.29, 1.82) is 0 Å². The molecule has 2 atom stereocenters. The Morgan fingerprint density at radius 2 is 2.12 bits per heavy atom. The Bertz CT molecular complexity index is 694. The molecule has 3 rings (SSSR count). The number of hydrogen-bond donors (Lipinski definition) is 1. The number of benzene rings is 1. The van der Waals surface area contributed by atoms with E-state index in [0.29, 0.717) is 26.0 Å². The van der Waals surface area contributed by atoms with Gasteiger partial charge in [0, 0.05) is 12.7 Å². The predicted octanol–water partition coefficient (Wildman–Crippen LogP) is 2.10. The molecule has 1 aromatic carbocycles. The molecule has 0 spiro atoms. The van der Waals surface area contributed by atoms with Gasteiger partial charge in [0.05, 0.1) is 18.3 Å². The predicted molar refractivity (Wildman–Crippen MR) is 92.8 cm³/mol. The van der Waals surface area contributed by atoms with Crippen LogP contribution in [-0.2, 0) is 17.8 Å². The molecule has 5 nitrogen and oxygen atoms in total. The van der Waals surface area contributed by atoms with Crippen molar-refractivity contribution >= 4 is 5.91 Å². The Morgan fingerprint density at radius 3 is 2.76 bits per heavy atom. The number of nitrogens with zero attached hydrogens (tertiary/aromatic N) is 2. The van der Waals surface area contributed by atoms with Crippen molar-refractivity contribution in [3.63, 3.8) is 0 Å². The summed E-state index contributed by atoms with van der Waals surface area (Å²) in [4.78, 5) is 17.9. The first kappa shape index (κ1) is 17.4. The lowest BCUT2D eigenvalue weighted by molar-refractivity contribution is -0.131. The number of alkyl halides is 1. The maximum atomic E-state index is 13.2. The molecule has 0 aliphatic carbocycles. The highest BCUT2D eigenvalue weighted by molar-refractivity contribution is 5.82. The van der Waals surface area contributed by atoms with E-state index in [9.17, 15) is 9.18 Å². The van der Waals surface area contributed by atoms with Crippen LogP contribution < -0.4 is 10.5 Å². The molecular formula is C19H22FN3O2. The van der Waals surface area contributed by atoms with Crippen LogP contribution in [0.15, 0.2) is 48.7 Å². The Labute approximate surface area is 146 Å². The van der Waals surface area contributed by atoms with Gasteiger partial charge in [0.15, 0.2) is 0 Å². The van der Waals surface area contributed by atoms with Crippen LogP contribution >= 0.6 is 0 Å². The summed E-state index contributed by atoms with van der Waals surface area (Å²) >= 11 is 0. The maximum Gasteiger partial charge on any atom is 0.239 e. The van der Waals surface area contributed by atoms with Gasteiger partial charge in [-0.3, -0.25) is 9.78 Å². The van der Waals surface area contributed by atoms with Crippen molar-refractivity contribution in [2.45, 2.75) is 31.7 Å². The second kappa shape index (κ2) is 8.07. The van der Waals surface area contributed by atoms with Crippen LogP contribution in [0.4, 0.5) is 4.39 Å². The van der Waals surface area contributed by atoms with Crippen LogP contribution in [-0.4, -0.2) is 41.1 Å². The molecule has 1 saturated heterocycles. The molecule has 2 aromatic rings. The molecule has 2 N–H and O–H groups in total. The quantitative estimate of drug-likeness (QED) is 0.872. The molecule has 1 aliphatic rings. The lowest BCUT2D eigenvalue weighted by Gasteiger charge is -2.20. The van der Waals surface area contributed by atoms with Crippen LogP contribution in [0.3, 0.4) is 0 Å². The Hall–Kier alpha value is -2.47. The number of carbonyl (C=O) groups is 1. The highest BCUT2D eigenvalue weighted by Gasteiger charge is 2.29. The summed E-state index contributed by atoms with van der Waals surface area (Å²) in [6.07, 6.45) is 1.63. The summed E-state index contributed by atoms with van der Waals surface area (Å²) in [5.74, 6) is 0.546. The molecule has 25 heavy (non-hydrogen) atoms. The first-order chi connectivity index (χ1) is 12.1. The molecule has 6 heteroatoms. The molecule has 2 heterocycles. The van der Waals surface area contributed by atoms with Crippen LogP contribution in [0, 0.1) is 0 Å². The monoisotopic (exact) mass is 343 g/mol. The minimum Gasteiger partial charge on any atom is -0.487 e. The third-order valence-electron chi connectivity index (χ3n) is 4.25. The zero-order valence-electron chi connectivity index (χ0n) is 14.0. The fourth-order valence-corrected chi connectivity index (χ4v) is 2.86. The molecule has 1 amide bonds. The zero-order chi connectivity index (χ0) is 17.6. The summed E-state index contributed by atoms with van der Waals surface area (Å²) in [6, 6.07) is 12.5. The molecule has 132 valence electrons. The summed E-state index contributed by atoms with van der Waals surface area (Å²) in [5, 5.41) is 0. The summed E-state index contributed by atoms with van der Waals surface area (Å²) in [5.41, 5.74) is 7.80. The van der Waals surface area contributed by atoms with Crippen LogP contribution in [0.2, 0.25) is 0 Å². The lowest BCUT2D eigenvalue weighted by atomic mass is 10.1. The minimum absolute atomic E-state index is 0.160. The molecular weight excluding hydrogens is 321 g/mol. The van der Waals surface area contributed by atoms with E-state index < -0.39 is 12.2 Å². The molecule has 0 bridgehead atoms. The molecule has 0 saturated carbocycles. The number of halogens is 1. The van der Waals surface area contributed by atoms with E-state index >= 15 is 0 Å². The second-order valence-corrected chi connectivity index (χ2v) is 6.23. The first-order valence-corrected chi connectivity index (χ1v) is 8.42. The Kier molecular flexibility index (Phi) is 5.60. The SMILES string of the molecule is N[C@@H](Cc1ccc(OCc2ccccn2)cc1)C(=O)N1CC[C@H](F)C1. The number of pyridine rings is 1. The van der Waals surface area contributed by atoms with E-state index in [4.69, 9.17) is 10.5 Å². The van der Waals surface area contributed by atoms with Gasteiger partial charge in [0.25, 0.3) is 0 Å². The number of nitrogens with two attached hydrogens (primary N) is 1. The molecule has 1 aliphatic heterocycles. The molecule has 1 fully saturated rings. The zero-order valence-corrected chi connectivity index (χ0v) is 14.0. The van der Waals surface area contributed by atoms with Crippen LogP contribution in [0.25, 0.3) is 0 Å². The third-order valence-corrected chi connectivity index (χ3v) is 4.25. The first-order valence-electron chi connectivity index (χ1n) is 8.42. The molecule has 0 unspecified atom stereocenters. The fourth-order valence-electron chi connectivity index (χ4n) is 2.86. The van der Waals surface area contributed by atoms with E-state index in [-0.39, 0.29) is 12.5 Å². The number of ether oxygens (including phenoxy) is 1. The summed E-state index contributed by atoms with van der Waals surface area (Å²) in [6.45, 7) is 1.01. The number of carbonyl (C=O) groups excluding carboxylic acids is 1. The van der Waals surface area contributed by atoms with Gasteiger partial charge in [-0.2, -0.15) is 0 Å². The van der Waals surface area contributed by atoms with Gasteiger partial charge in [-0.05, 0) is 42.7 Å². The Morgan fingerprint density at radius 1 is 1.32 bits per heavy atom. The van der Waals surface area contributed by atoms with E-state index in [0.717, 1.165) is 17.0 Å². The second-order valence-electron chi connectivity index (χ2n) is 6.23. The number of amides is 1. The number of hydrogen-bond acceptors (Lipinski definition) is 4. The summed E-state index contributed by atoms with van der Waals surface area (Å²) in [7, 11) is 0. The van der Waals surface area contributed by atoms with Gasteiger partial charge >= 0.3 is 0 Å². The average molecular weight is 343 g/mol. The number of aromatic nitrogens is 1. The van der Waals surface area contributed by atoms with Gasteiger partial charge in [0.2, 0.25) is 5.91 Å². The normalized spacial score (nSPS) is 18.2. The minimum atomic E-state index is -0.924. The van der Waals surface area contributed by atoms with Crippen molar-refractivity contribution in [2.24, 2.45) is 5.73 Å². The van der Waals surface area contributed by atoms with Crippen molar-refractivity contribution in [2.75, 3.05) is 13.1 Å². The van der Waals surface area contributed by atoms with Crippen molar-refractivity contribution in [1.82, 2.24) is 9.88 Å². The topological polar surface area (TPSA) is 68.5 Å². The van der Waals surface area contributed by atoms with Crippen LogP contribution in [0.5, 0.6) is 5.75 Å². The van der Waals surface area contributed by atoms with Crippen molar-refractivity contribution in [3.05, 3.63) is 59.9 Å². The summed E-state index contributed by atoms with van der Waals surface area (Å²) < 4.78 is 18.9. The van der Waals surface area contributed by atoms with E-state index in [1.54, 1.807) is 6.20 Å². The highest BCUT2D eigenvalue weighted by atomic mass is 19.1. The highest BCUT2D eigenvalue weighted by Crippen LogP contribution is 2.17. The largest absolute Gasteiger partial charge is 0.487 e. The van der Waals surface area contributed by atoms with E-state index in [2.05, 4.69) is 4.98 Å². The van der Waals surface area contributed by atoms with E-state index in [1.807, 2.05) is 42.5 Å². The van der Waals surface area contributed by atoms with Gasteiger partial charge in [0.1, 0.15) is 18.5 Å². The van der Waals surface area contributed by atoms with Gasteiger partial charge < -0.3 is 15.4 Å². The Balaban J connectivity index is 1.51. The van der Waals surface area contributed by atoms with Crippen molar-refractivity contribution in [3.8, 4) is 5.75 Å². The maximum absolute atomic E-state index is 13.2. The molecule has 0 radical (unpaired) electrons. The van der Waals surface area contributed by atoms with Gasteiger partial charge in [-0.15, -0.1) is 0 Å². The number of likely N-dealkylation sites (tertiary alicyclic amines) is 1. The van der Waals surface area contributed by atoms with Gasteiger partial charge in [-0.1, -0.05) is 18.2 Å².